The fourth-order valence-corrected chi connectivity index (χ4v) is 5.81. The Balaban J connectivity index is 1.78. The lowest BCUT2D eigenvalue weighted by molar-refractivity contribution is -0.118. The van der Waals surface area contributed by atoms with E-state index in [-0.39, 0.29) is 17.2 Å². The van der Waals surface area contributed by atoms with Gasteiger partial charge in [-0.05, 0) is 67.9 Å². The highest BCUT2D eigenvalue weighted by Gasteiger charge is 2.41. The summed E-state index contributed by atoms with van der Waals surface area (Å²) in [4.78, 5) is 13.6. The SMILES string of the molecule is COc1cc(C2Nc3ccc4ccccc4c3C3=C2C(=O)CC(C)(C)C3)cc(Br)c1OC. The lowest BCUT2D eigenvalue weighted by Crippen LogP contribution is -2.33. The molecule has 0 aromatic heterocycles. The fraction of sp³-hybridized carbons (Fsp3) is 0.296. The van der Waals surface area contributed by atoms with Gasteiger partial charge < -0.3 is 14.8 Å². The summed E-state index contributed by atoms with van der Waals surface area (Å²) in [7, 11) is 3.25. The zero-order valence-corrected chi connectivity index (χ0v) is 20.3. The van der Waals surface area contributed by atoms with Gasteiger partial charge in [-0.15, -0.1) is 0 Å². The first-order valence-electron chi connectivity index (χ1n) is 10.8. The number of ether oxygens (including phenoxy) is 2. The lowest BCUT2D eigenvalue weighted by Gasteiger charge is -2.40. The molecule has 5 rings (SSSR count). The highest BCUT2D eigenvalue weighted by atomic mass is 79.9. The number of carbonyl (C=O) groups excluding carboxylic acids is 1. The Labute approximate surface area is 196 Å². The largest absolute Gasteiger partial charge is 0.493 e. The Bertz CT molecular complexity index is 1290. The van der Waals surface area contributed by atoms with Gasteiger partial charge in [-0.3, -0.25) is 4.79 Å². The number of halogens is 1. The Morgan fingerprint density at radius 2 is 1.81 bits per heavy atom. The fourth-order valence-electron chi connectivity index (χ4n) is 5.19. The van der Waals surface area contributed by atoms with E-state index in [1.54, 1.807) is 14.2 Å². The van der Waals surface area contributed by atoms with Crippen molar-refractivity contribution in [3.63, 3.8) is 0 Å². The number of methoxy groups -OCH3 is 2. The number of nitrogens with one attached hydrogen (secondary N) is 1. The summed E-state index contributed by atoms with van der Waals surface area (Å²) in [6, 6.07) is 16.4. The topological polar surface area (TPSA) is 47.6 Å². The highest BCUT2D eigenvalue weighted by molar-refractivity contribution is 9.10. The molecule has 0 saturated heterocycles. The van der Waals surface area contributed by atoms with Crippen molar-refractivity contribution < 1.29 is 14.3 Å². The summed E-state index contributed by atoms with van der Waals surface area (Å²) in [6.45, 7) is 4.37. The van der Waals surface area contributed by atoms with Crippen LogP contribution in [0, 0.1) is 5.41 Å². The Kier molecular flexibility index (Phi) is 5.05. The summed E-state index contributed by atoms with van der Waals surface area (Å²) in [6.07, 6.45) is 1.40. The summed E-state index contributed by atoms with van der Waals surface area (Å²) in [5.74, 6) is 1.48. The second-order valence-corrected chi connectivity index (χ2v) is 10.2. The molecule has 1 aliphatic carbocycles. The standard InChI is InChI=1S/C27H26BrNO3/c1-27(2)13-18-23-17-8-6-5-7-15(17)9-10-20(23)29-25(24(18)21(30)14-27)16-11-19(28)26(32-4)22(12-16)31-3/h5-12,25,29H,13-14H2,1-4H3. The maximum atomic E-state index is 13.6. The van der Waals surface area contributed by atoms with E-state index in [9.17, 15) is 4.79 Å². The van der Waals surface area contributed by atoms with Crippen LogP contribution in [0.3, 0.4) is 0 Å². The van der Waals surface area contributed by atoms with Gasteiger partial charge in [0.25, 0.3) is 0 Å². The van der Waals surface area contributed by atoms with E-state index in [0.29, 0.717) is 17.9 Å². The molecule has 2 aliphatic rings. The van der Waals surface area contributed by atoms with Crippen LogP contribution in [0.4, 0.5) is 5.69 Å². The number of rotatable bonds is 3. The summed E-state index contributed by atoms with van der Waals surface area (Å²) >= 11 is 3.62. The average molecular weight is 492 g/mol. The second kappa shape index (κ2) is 7.66. The molecule has 1 atom stereocenters. The van der Waals surface area contributed by atoms with Gasteiger partial charge in [0, 0.05) is 23.2 Å². The molecule has 0 fully saturated rings. The molecular formula is C27H26BrNO3. The first-order valence-corrected chi connectivity index (χ1v) is 11.6. The van der Waals surface area contributed by atoms with Crippen molar-refractivity contribution in [1.29, 1.82) is 0 Å². The number of fused-ring (bicyclic) bond motifs is 4. The molecule has 5 heteroatoms. The molecule has 3 aromatic rings. The van der Waals surface area contributed by atoms with Crippen LogP contribution in [0.25, 0.3) is 16.3 Å². The second-order valence-electron chi connectivity index (χ2n) is 9.36. The van der Waals surface area contributed by atoms with Gasteiger partial charge in [-0.1, -0.05) is 44.2 Å². The van der Waals surface area contributed by atoms with Gasteiger partial charge >= 0.3 is 0 Å². The third kappa shape index (κ3) is 3.30. The first kappa shape index (κ1) is 21.1. The number of hydrogen-bond donors (Lipinski definition) is 1. The molecule has 0 saturated carbocycles. The third-order valence-electron chi connectivity index (χ3n) is 6.53. The molecule has 1 unspecified atom stereocenters. The third-order valence-corrected chi connectivity index (χ3v) is 7.12. The Morgan fingerprint density at radius 1 is 1.03 bits per heavy atom. The van der Waals surface area contributed by atoms with Crippen molar-refractivity contribution >= 4 is 43.7 Å². The van der Waals surface area contributed by atoms with Crippen molar-refractivity contribution in [3.8, 4) is 11.5 Å². The molecule has 3 aromatic carbocycles. The van der Waals surface area contributed by atoms with Gasteiger partial charge in [0.2, 0.25) is 0 Å². The van der Waals surface area contributed by atoms with E-state index >= 15 is 0 Å². The molecule has 0 bridgehead atoms. The van der Waals surface area contributed by atoms with Crippen LogP contribution in [0.5, 0.6) is 11.5 Å². The van der Waals surface area contributed by atoms with Crippen molar-refractivity contribution in [3.05, 3.63) is 69.7 Å². The van der Waals surface area contributed by atoms with Crippen LogP contribution in [0.15, 0.2) is 58.6 Å². The molecular weight excluding hydrogens is 466 g/mol. The van der Waals surface area contributed by atoms with E-state index in [1.807, 2.05) is 12.1 Å². The predicted molar refractivity (Wildman–Crippen MR) is 132 cm³/mol. The van der Waals surface area contributed by atoms with Gasteiger partial charge in [0.05, 0.1) is 24.7 Å². The average Bonchev–Trinajstić information content (AvgIpc) is 2.76. The van der Waals surface area contributed by atoms with Gasteiger partial charge in [-0.25, -0.2) is 0 Å². The number of allylic oxidation sites excluding steroid dienone is 1. The van der Waals surface area contributed by atoms with Crippen LogP contribution < -0.4 is 14.8 Å². The Hall–Kier alpha value is -2.79. The van der Waals surface area contributed by atoms with Crippen LogP contribution in [0.2, 0.25) is 0 Å². The van der Waals surface area contributed by atoms with Crippen molar-refractivity contribution in [1.82, 2.24) is 0 Å². The monoisotopic (exact) mass is 491 g/mol. The molecule has 1 N–H and O–H groups in total. The number of ketones is 1. The highest BCUT2D eigenvalue weighted by Crippen LogP contribution is 2.53. The van der Waals surface area contributed by atoms with Crippen LogP contribution in [-0.4, -0.2) is 20.0 Å². The smallest absolute Gasteiger partial charge is 0.174 e. The van der Waals surface area contributed by atoms with Crippen molar-refractivity contribution in [2.24, 2.45) is 5.41 Å². The molecule has 1 heterocycles. The number of benzene rings is 3. The van der Waals surface area contributed by atoms with Gasteiger partial charge in [0.1, 0.15) is 0 Å². The van der Waals surface area contributed by atoms with Crippen LogP contribution in [0.1, 0.15) is 43.9 Å². The van der Waals surface area contributed by atoms with Crippen LogP contribution >= 0.6 is 15.9 Å². The lowest BCUT2D eigenvalue weighted by atomic mass is 9.68. The van der Waals surface area contributed by atoms with Gasteiger partial charge in [0.15, 0.2) is 17.3 Å². The molecule has 164 valence electrons. The molecule has 0 amide bonds. The van der Waals surface area contributed by atoms with E-state index in [1.165, 1.54) is 10.8 Å². The number of anilines is 1. The molecule has 0 radical (unpaired) electrons. The number of Topliss-reactive ketones (excluding diaryl/α,β-unsaturated/α-hetero) is 1. The first-order chi connectivity index (χ1) is 15.3. The van der Waals surface area contributed by atoms with E-state index in [4.69, 9.17) is 9.47 Å². The van der Waals surface area contributed by atoms with E-state index < -0.39 is 0 Å². The molecule has 32 heavy (non-hydrogen) atoms. The van der Waals surface area contributed by atoms with Crippen molar-refractivity contribution in [2.75, 3.05) is 19.5 Å². The van der Waals surface area contributed by atoms with E-state index in [2.05, 4.69) is 71.5 Å². The van der Waals surface area contributed by atoms with Crippen molar-refractivity contribution in [2.45, 2.75) is 32.7 Å². The van der Waals surface area contributed by atoms with E-state index in [0.717, 1.165) is 38.9 Å². The molecule has 4 nitrogen and oxygen atoms in total. The maximum absolute atomic E-state index is 13.6. The minimum Gasteiger partial charge on any atom is -0.493 e. The number of carbonyl (C=O) groups is 1. The van der Waals surface area contributed by atoms with Crippen LogP contribution in [-0.2, 0) is 4.79 Å². The summed E-state index contributed by atoms with van der Waals surface area (Å²) < 4.78 is 11.9. The zero-order chi connectivity index (χ0) is 22.6. The number of hydrogen-bond acceptors (Lipinski definition) is 4. The minimum absolute atomic E-state index is 0.0792. The summed E-state index contributed by atoms with van der Waals surface area (Å²) in [5, 5.41) is 6.05. The molecule has 0 spiro atoms. The zero-order valence-electron chi connectivity index (χ0n) is 18.7. The normalized spacial score (nSPS) is 19.3. The predicted octanol–water partition coefficient (Wildman–Crippen LogP) is 6.93. The summed E-state index contributed by atoms with van der Waals surface area (Å²) in [5.41, 5.74) is 5.14. The quantitative estimate of drug-likeness (QED) is 0.431. The Morgan fingerprint density at radius 3 is 2.56 bits per heavy atom. The van der Waals surface area contributed by atoms with Gasteiger partial charge in [-0.2, -0.15) is 0 Å². The molecule has 1 aliphatic heterocycles. The maximum Gasteiger partial charge on any atom is 0.174 e. The minimum atomic E-state index is -0.252.